The maximum absolute atomic E-state index is 4.49. The van der Waals surface area contributed by atoms with Crippen molar-refractivity contribution in [2.24, 2.45) is 0 Å². The molecule has 0 atom stereocenters. The van der Waals surface area contributed by atoms with Crippen molar-refractivity contribution in [1.29, 1.82) is 0 Å². The quantitative estimate of drug-likeness (QED) is 0.938. The van der Waals surface area contributed by atoms with E-state index in [0.29, 0.717) is 5.92 Å². The Hall–Kier alpha value is -1.98. The molecule has 1 fully saturated rings. The normalized spacial score (nSPS) is 19.7. The Bertz CT molecular complexity index is 683. The molecular formula is C19H25N5. The van der Waals surface area contributed by atoms with E-state index < -0.39 is 0 Å². The van der Waals surface area contributed by atoms with Gasteiger partial charge in [-0.15, -0.1) is 10.2 Å². The lowest BCUT2D eigenvalue weighted by Gasteiger charge is -2.31. The number of hydrogen-bond acceptors (Lipinski definition) is 4. The highest BCUT2D eigenvalue weighted by Gasteiger charge is 2.26. The number of nitrogens with one attached hydrogen (secondary N) is 1. The maximum atomic E-state index is 4.49. The lowest BCUT2D eigenvalue weighted by atomic mass is 9.95. The van der Waals surface area contributed by atoms with Crippen molar-refractivity contribution in [3.8, 4) is 0 Å². The molecule has 0 saturated carbocycles. The van der Waals surface area contributed by atoms with Crippen molar-refractivity contribution in [3.63, 3.8) is 0 Å². The third kappa shape index (κ3) is 3.42. The van der Waals surface area contributed by atoms with Gasteiger partial charge in [0.2, 0.25) is 0 Å². The molecule has 1 saturated heterocycles. The van der Waals surface area contributed by atoms with Crippen molar-refractivity contribution >= 4 is 6.08 Å². The van der Waals surface area contributed by atoms with Gasteiger partial charge < -0.3 is 9.88 Å². The topological polar surface area (TPSA) is 46.0 Å². The Morgan fingerprint density at radius 2 is 1.92 bits per heavy atom. The van der Waals surface area contributed by atoms with Crippen molar-refractivity contribution in [2.75, 3.05) is 26.2 Å². The minimum atomic E-state index is 0.568. The van der Waals surface area contributed by atoms with Gasteiger partial charge in [0, 0.05) is 25.6 Å². The second kappa shape index (κ2) is 7.28. The van der Waals surface area contributed by atoms with Crippen LogP contribution in [0.5, 0.6) is 0 Å². The molecule has 0 bridgehead atoms. The van der Waals surface area contributed by atoms with Gasteiger partial charge in [-0.2, -0.15) is 0 Å². The van der Waals surface area contributed by atoms with Gasteiger partial charge in [0.15, 0.2) is 0 Å². The van der Waals surface area contributed by atoms with Crippen molar-refractivity contribution < 1.29 is 0 Å². The van der Waals surface area contributed by atoms with Crippen molar-refractivity contribution in [2.45, 2.75) is 31.8 Å². The molecule has 2 aliphatic heterocycles. The Morgan fingerprint density at radius 3 is 2.75 bits per heavy atom. The Morgan fingerprint density at radius 1 is 1.08 bits per heavy atom. The van der Waals surface area contributed by atoms with E-state index in [-0.39, 0.29) is 0 Å². The largest absolute Gasteiger partial charge is 0.312 e. The van der Waals surface area contributed by atoms with Crippen LogP contribution in [0.15, 0.2) is 36.4 Å². The molecule has 1 aromatic carbocycles. The lowest BCUT2D eigenvalue weighted by Crippen LogP contribution is -2.35. The van der Waals surface area contributed by atoms with Crippen LogP contribution in [0.4, 0.5) is 0 Å². The van der Waals surface area contributed by atoms with E-state index >= 15 is 0 Å². The molecule has 1 aromatic heterocycles. The van der Waals surface area contributed by atoms with Gasteiger partial charge in [-0.25, -0.2) is 0 Å². The molecule has 3 heterocycles. The summed E-state index contributed by atoms with van der Waals surface area (Å²) in [7, 11) is 0. The number of piperidine rings is 1. The fourth-order valence-corrected chi connectivity index (χ4v) is 3.69. The SMILES string of the molecule is C(=C\c1ccccc1)/CN1CCC(c2nnc3n2CCNC3)CC1. The summed E-state index contributed by atoms with van der Waals surface area (Å²) in [5, 5.41) is 12.2. The number of hydrogen-bond donors (Lipinski definition) is 1. The predicted molar refractivity (Wildman–Crippen MR) is 95.6 cm³/mol. The molecule has 2 aliphatic rings. The summed E-state index contributed by atoms with van der Waals surface area (Å²) in [6.45, 7) is 6.22. The van der Waals surface area contributed by atoms with Gasteiger partial charge in [0.1, 0.15) is 11.6 Å². The van der Waals surface area contributed by atoms with Gasteiger partial charge in [0.25, 0.3) is 0 Å². The molecule has 0 radical (unpaired) electrons. The molecule has 4 rings (SSSR count). The number of likely N-dealkylation sites (tertiary alicyclic amines) is 1. The van der Waals surface area contributed by atoms with Crippen LogP contribution in [0.2, 0.25) is 0 Å². The van der Waals surface area contributed by atoms with E-state index in [9.17, 15) is 0 Å². The highest BCUT2D eigenvalue weighted by atomic mass is 15.3. The molecule has 5 nitrogen and oxygen atoms in total. The highest BCUT2D eigenvalue weighted by Crippen LogP contribution is 2.27. The third-order valence-corrected chi connectivity index (χ3v) is 5.08. The first-order valence-electron chi connectivity index (χ1n) is 8.97. The average Bonchev–Trinajstić information content (AvgIpc) is 3.07. The molecule has 2 aromatic rings. The lowest BCUT2D eigenvalue weighted by molar-refractivity contribution is 0.226. The predicted octanol–water partition coefficient (Wildman–Crippen LogP) is 2.27. The monoisotopic (exact) mass is 323 g/mol. The van der Waals surface area contributed by atoms with E-state index in [1.165, 1.54) is 24.2 Å². The van der Waals surface area contributed by atoms with Crippen LogP contribution in [0, 0.1) is 0 Å². The third-order valence-electron chi connectivity index (χ3n) is 5.08. The highest BCUT2D eigenvalue weighted by molar-refractivity contribution is 5.48. The molecule has 0 aliphatic carbocycles. The van der Waals surface area contributed by atoms with Crippen LogP contribution in [0.3, 0.4) is 0 Å². The smallest absolute Gasteiger partial charge is 0.147 e. The van der Waals surface area contributed by atoms with Crippen LogP contribution >= 0.6 is 0 Å². The van der Waals surface area contributed by atoms with Crippen LogP contribution in [0.25, 0.3) is 6.08 Å². The van der Waals surface area contributed by atoms with Crippen LogP contribution in [0.1, 0.15) is 36.0 Å². The minimum Gasteiger partial charge on any atom is -0.312 e. The van der Waals surface area contributed by atoms with Crippen LogP contribution in [-0.2, 0) is 13.1 Å². The van der Waals surface area contributed by atoms with E-state index in [2.05, 4.69) is 67.5 Å². The fraction of sp³-hybridized carbons (Fsp3) is 0.474. The number of rotatable bonds is 4. The molecule has 126 valence electrons. The first-order chi connectivity index (χ1) is 11.9. The molecule has 1 N–H and O–H groups in total. The Balaban J connectivity index is 1.31. The summed E-state index contributed by atoms with van der Waals surface area (Å²) >= 11 is 0. The first-order valence-corrected chi connectivity index (χ1v) is 8.97. The second-order valence-electron chi connectivity index (χ2n) is 6.69. The summed E-state index contributed by atoms with van der Waals surface area (Å²) in [5.41, 5.74) is 1.27. The molecule has 5 heteroatoms. The van der Waals surface area contributed by atoms with Crippen LogP contribution in [-0.4, -0.2) is 45.8 Å². The molecular weight excluding hydrogens is 298 g/mol. The fourth-order valence-electron chi connectivity index (χ4n) is 3.69. The molecule has 24 heavy (non-hydrogen) atoms. The number of nitrogens with zero attached hydrogens (tertiary/aromatic N) is 4. The molecule has 0 unspecified atom stereocenters. The summed E-state index contributed by atoms with van der Waals surface area (Å²) < 4.78 is 2.34. The standard InChI is InChI=1S/C19H25N5/c1-2-5-16(6-3-1)7-4-11-23-12-8-17(9-13-23)19-22-21-18-15-20-10-14-24(18)19/h1-7,17,20H,8-15H2/b7-4+. The number of benzene rings is 1. The van der Waals surface area contributed by atoms with Crippen molar-refractivity contribution in [3.05, 3.63) is 53.6 Å². The van der Waals surface area contributed by atoms with Crippen LogP contribution < -0.4 is 5.32 Å². The van der Waals surface area contributed by atoms with E-state index in [1.54, 1.807) is 0 Å². The van der Waals surface area contributed by atoms with Gasteiger partial charge in [-0.3, -0.25) is 4.90 Å². The van der Waals surface area contributed by atoms with Gasteiger partial charge in [-0.1, -0.05) is 42.5 Å². The van der Waals surface area contributed by atoms with Gasteiger partial charge >= 0.3 is 0 Å². The minimum absolute atomic E-state index is 0.568. The van der Waals surface area contributed by atoms with E-state index in [1.807, 2.05) is 0 Å². The van der Waals surface area contributed by atoms with Crippen molar-refractivity contribution in [1.82, 2.24) is 25.0 Å². The van der Waals surface area contributed by atoms with Gasteiger partial charge in [0.05, 0.1) is 6.54 Å². The number of aromatic nitrogens is 3. The molecule has 0 spiro atoms. The van der Waals surface area contributed by atoms with E-state index in [0.717, 1.165) is 45.1 Å². The summed E-state index contributed by atoms with van der Waals surface area (Å²) in [5.74, 6) is 2.88. The zero-order valence-corrected chi connectivity index (χ0v) is 14.1. The molecule has 0 amide bonds. The summed E-state index contributed by atoms with van der Waals surface area (Å²) in [6, 6.07) is 10.5. The number of fused-ring (bicyclic) bond motifs is 1. The first kappa shape index (κ1) is 15.5. The zero-order chi connectivity index (χ0) is 16.2. The summed E-state index contributed by atoms with van der Waals surface area (Å²) in [6.07, 6.45) is 6.86. The maximum Gasteiger partial charge on any atom is 0.147 e. The Kier molecular flexibility index (Phi) is 4.71. The van der Waals surface area contributed by atoms with Gasteiger partial charge in [-0.05, 0) is 31.5 Å². The average molecular weight is 323 g/mol. The zero-order valence-electron chi connectivity index (χ0n) is 14.1. The second-order valence-corrected chi connectivity index (χ2v) is 6.69. The van der Waals surface area contributed by atoms with E-state index in [4.69, 9.17) is 0 Å². The summed E-state index contributed by atoms with van der Waals surface area (Å²) in [4.78, 5) is 2.53. The Labute approximate surface area is 143 Å².